The number of anilines is 2. The number of hydrogen-bond acceptors (Lipinski definition) is 5. The fraction of sp³-hybridized carbons (Fsp3) is 0.318. The molecule has 0 saturated carbocycles. The summed E-state index contributed by atoms with van der Waals surface area (Å²) in [6.45, 7) is 3.67. The van der Waals surface area contributed by atoms with Gasteiger partial charge in [0.2, 0.25) is 11.9 Å². The van der Waals surface area contributed by atoms with E-state index in [0.29, 0.717) is 16.9 Å². The van der Waals surface area contributed by atoms with Crippen molar-refractivity contribution in [3.8, 4) is 5.75 Å². The third-order valence-electron chi connectivity index (χ3n) is 5.22. The first-order valence-corrected chi connectivity index (χ1v) is 10.3. The Morgan fingerprint density at radius 2 is 1.83 bits per heavy atom. The number of nitrogens with one attached hydrogen (secondary N) is 2. The summed E-state index contributed by atoms with van der Waals surface area (Å²) in [4.78, 5) is 16.6. The molecular formula is C22H24ClN5O2. The molecule has 2 unspecified atom stereocenters. The van der Waals surface area contributed by atoms with E-state index in [-0.39, 0.29) is 23.9 Å². The lowest BCUT2D eigenvalue weighted by Crippen LogP contribution is -2.28. The minimum absolute atomic E-state index is 0.0296. The Bertz CT molecular complexity index is 1030. The molecule has 30 heavy (non-hydrogen) atoms. The summed E-state index contributed by atoms with van der Waals surface area (Å²) in [7, 11) is 1.65. The monoisotopic (exact) mass is 425 g/mol. The Morgan fingerprint density at radius 1 is 1.17 bits per heavy atom. The Labute approximate surface area is 180 Å². The standard InChI is InChI=1S/C22H24ClN5O2/c1-13(2)20(29)25-21-26-22-24-18(14-6-10-17(30-3)11-7-14)12-19(28(22)27-21)15-4-8-16(23)9-5-15/h4-11,13,18-19H,12H2,1-3H3,(H2,24,25,26,27,29). The minimum atomic E-state index is -0.155. The SMILES string of the molecule is COc1ccc(C2CC(c3ccc(Cl)cc3)n3nc(NC(=O)C(C)C)nc3N2)cc1. The molecular weight excluding hydrogens is 402 g/mol. The number of rotatable bonds is 5. The van der Waals surface area contributed by atoms with Crippen LogP contribution >= 0.6 is 11.6 Å². The Kier molecular flexibility index (Phi) is 5.63. The van der Waals surface area contributed by atoms with Crippen molar-refractivity contribution < 1.29 is 9.53 Å². The molecule has 156 valence electrons. The largest absolute Gasteiger partial charge is 0.497 e. The molecule has 1 aromatic heterocycles. The highest BCUT2D eigenvalue weighted by Crippen LogP contribution is 2.38. The van der Waals surface area contributed by atoms with Crippen molar-refractivity contribution in [1.29, 1.82) is 0 Å². The van der Waals surface area contributed by atoms with Gasteiger partial charge in [0.1, 0.15) is 5.75 Å². The Morgan fingerprint density at radius 3 is 2.47 bits per heavy atom. The topological polar surface area (TPSA) is 81.1 Å². The smallest absolute Gasteiger partial charge is 0.250 e. The summed E-state index contributed by atoms with van der Waals surface area (Å²) >= 11 is 6.09. The van der Waals surface area contributed by atoms with Crippen molar-refractivity contribution in [2.24, 2.45) is 5.92 Å². The molecule has 0 fully saturated rings. The maximum atomic E-state index is 12.1. The maximum Gasteiger partial charge on any atom is 0.250 e. The molecule has 3 aromatic rings. The van der Waals surface area contributed by atoms with Crippen molar-refractivity contribution in [3.63, 3.8) is 0 Å². The number of nitrogens with zero attached hydrogens (tertiary/aromatic N) is 3. The zero-order valence-electron chi connectivity index (χ0n) is 17.1. The number of halogens is 1. The normalized spacial score (nSPS) is 17.9. The molecule has 4 rings (SSSR count). The summed E-state index contributed by atoms with van der Waals surface area (Å²) in [6.07, 6.45) is 0.766. The van der Waals surface area contributed by atoms with Crippen molar-refractivity contribution in [3.05, 3.63) is 64.7 Å². The number of amides is 1. The van der Waals surface area contributed by atoms with Crippen LogP contribution in [-0.4, -0.2) is 27.8 Å². The summed E-state index contributed by atoms with van der Waals surface area (Å²) in [6, 6.07) is 15.7. The molecule has 2 atom stereocenters. The van der Waals surface area contributed by atoms with Crippen LogP contribution in [0.3, 0.4) is 0 Å². The molecule has 8 heteroatoms. The highest BCUT2D eigenvalue weighted by Gasteiger charge is 2.31. The van der Waals surface area contributed by atoms with Gasteiger partial charge in [-0.15, -0.1) is 5.10 Å². The molecule has 0 spiro atoms. The van der Waals surface area contributed by atoms with Crippen LogP contribution in [0.25, 0.3) is 0 Å². The zero-order chi connectivity index (χ0) is 21.3. The van der Waals surface area contributed by atoms with Crippen LogP contribution in [0.1, 0.15) is 43.5 Å². The van der Waals surface area contributed by atoms with E-state index in [0.717, 1.165) is 23.3 Å². The number of carbonyl (C=O) groups is 1. The maximum absolute atomic E-state index is 12.1. The molecule has 2 aromatic carbocycles. The minimum Gasteiger partial charge on any atom is -0.497 e. The second-order valence-electron chi connectivity index (χ2n) is 7.62. The number of benzene rings is 2. The lowest BCUT2D eigenvalue weighted by atomic mass is 9.93. The molecule has 0 saturated heterocycles. The number of fused-ring (bicyclic) bond motifs is 1. The van der Waals surface area contributed by atoms with Gasteiger partial charge >= 0.3 is 0 Å². The molecule has 1 amide bonds. The summed E-state index contributed by atoms with van der Waals surface area (Å²) < 4.78 is 7.11. The van der Waals surface area contributed by atoms with Crippen LogP contribution in [0, 0.1) is 5.92 Å². The van der Waals surface area contributed by atoms with Gasteiger partial charge in [0.05, 0.1) is 19.2 Å². The van der Waals surface area contributed by atoms with Gasteiger partial charge in [0.15, 0.2) is 0 Å². The van der Waals surface area contributed by atoms with E-state index in [1.807, 2.05) is 67.1 Å². The lowest BCUT2D eigenvalue weighted by Gasteiger charge is -2.31. The van der Waals surface area contributed by atoms with Gasteiger partial charge in [-0.1, -0.05) is 49.7 Å². The van der Waals surface area contributed by atoms with Gasteiger partial charge in [-0.05, 0) is 41.8 Å². The van der Waals surface area contributed by atoms with E-state index in [1.54, 1.807) is 7.11 Å². The third kappa shape index (κ3) is 4.11. The molecule has 2 N–H and O–H groups in total. The van der Waals surface area contributed by atoms with Crippen molar-refractivity contribution in [1.82, 2.24) is 14.8 Å². The Hall–Kier alpha value is -3.06. The van der Waals surface area contributed by atoms with Gasteiger partial charge in [0, 0.05) is 10.9 Å². The third-order valence-corrected chi connectivity index (χ3v) is 5.47. The van der Waals surface area contributed by atoms with Crippen LogP contribution < -0.4 is 15.4 Å². The summed E-state index contributed by atoms with van der Waals surface area (Å²) in [5, 5.41) is 11.5. The highest BCUT2D eigenvalue weighted by atomic mass is 35.5. The lowest BCUT2D eigenvalue weighted by molar-refractivity contribution is -0.118. The van der Waals surface area contributed by atoms with E-state index in [4.69, 9.17) is 16.3 Å². The van der Waals surface area contributed by atoms with E-state index in [9.17, 15) is 4.79 Å². The molecule has 1 aliphatic heterocycles. The first kappa shape index (κ1) is 20.2. The number of hydrogen-bond donors (Lipinski definition) is 2. The van der Waals surface area contributed by atoms with E-state index in [1.165, 1.54) is 0 Å². The van der Waals surface area contributed by atoms with Crippen molar-refractivity contribution >= 4 is 29.4 Å². The molecule has 0 radical (unpaired) electrons. The van der Waals surface area contributed by atoms with Crippen LogP contribution in [0.15, 0.2) is 48.5 Å². The summed E-state index contributed by atoms with van der Waals surface area (Å²) in [5.74, 6) is 1.45. The average molecular weight is 426 g/mol. The molecule has 7 nitrogen and oxygen atoms in total. The fourth-order valence-electron chi connectivity index (χ4n) is 3.50. The van der Waals surface area contributed by atoms with Gasteiger partial charge in [-0.2, -0.15) is 4.98 Å². The van der Waals surface area contributed by atoms with Gasteiger partial charge in [-0.25, -0.2) is 4.68 Å². The quantitative estimate of drug-likeness (QED) is 0.620. The molecule has 0 bridgehead atoms. The van der Waals surface area contributed by atoms with Crippen LogP contribution in [0.4, 0.5) is 11.9 Å². The van der Waals surface area contributed by atoms with E-state index >= 15 is 0 Å². The van der Waals surface area contributed by atoms with Crippen molar-refractivity contribution in [2.75, 3.05) is 17.7 Å². The van der Waals surface area contributed by atoms with Crippen LogP contribution in [0.2, 0.25) is 5.02 Å². The van der Waals surface area contributed by atoms with E-state index < -0.39 is 0 Å². The van der Waals surface area contributed by atoms with Gasteiger partial charge in [0.25, 0.3) is 5.95 Å². The van der Waals surface area contributed by atoms with Crippen molar-refractivity contribution in [2.45, 2.75) is 32.4 Å². The summed E-state index contributed by atoms with van der Waals surface area (Å²) in [5.41, 5.74) is 2.20. The second kappa shape index (κ2) is 8.36. The zero-order valence-corrected chi connectivity index (χ0v) is 17.8. The first-order chi connectivity index (χ1) is 14.4. The predicted octanol–water partition coefficient (Wildman–Crippen LogP) is 4.68. The molecule has 2 heterocycles. The number of aromatic nitrogens is 3. The predicted molar refractivity (Wildman–Crippen MR) is 117 cm³/mol. The van der Waals surface area contributed by atoms with Crippen LogP contribution in [-0.2, 0) is 4.79 Å². The number of methoxy groups -OCH3 is 1. The fourth-order valence-corrected chi connectivity index (χ4v) is 3.63. The second-order valence-corrected chi connectivity index (χ2v) is 8.06. The Balaban J connectivity index is 1.69. The molecule has 1 aliphatic rings. The first-order valence-electron chi connectivity index (χ1n) is 9.88. The van der Waals surface area contributed by atoms with Gasteiger partial charge < -0.3 is 10.1 Å². The number of ether oxygens (including phenoxy) is 1. The number of carbonyl (C=O) groups excluding carboxylic acids is 1. The average Bonchev–Trinajstić information content (AvgIpc) is 3.16. The van der Waals surface area contributed by atoms with Crippen LogP contribution in [0.5, 0.6) is 5.75 Å². The van der Waals surface area contributed by atoms with E-state index in [2.05, 4.69) is 20.7 Å². The highest BCUT2D eigenvalue weighted by molar-refractivity contribution is 6.30. The molecule has 0 aliphatic carbocycles. The van der Waals surface area contributed by atoms with Gasteiger partial charge in [-0.3, -0.25) is 10.1 Å².